The maximum atomic E-state index is 12.0. The fourth-order valence-electron chi connectivity index (χ4n) is 1.28. The first-order chi connectivity index (χ1) is 9.21. The summed E-state index contributed by atoms with van der Waals surface area (Å²) in [5.41, 5.74) is 0. The second-order valence-corrected chi connectivity index (χ2v) is 4.47. The Morgan fingerprint density at radius 1 is 1.47 bits per heavy atom. The van der Waals surface area contributed by atoms with Crippen molar-refractivity contribution >= 4 is 28.8 Å². The maximum absolute atomic E-state index is 12.0. The second kappa shape index (κ2) is 8.20. The highest BCUT2D eigenvalue weighted by atomic mass is 32.1. The molecule has 8 heteroatoms. The van der Waals surface area contributed by atoms with Crippen LogP contribution >= 0.6 is 11.3 Å². The third kappa shape index (κ3) is 5.04. The fourth-order valence-corrected chi connectivity index (χ4v) is 1.83. The number of aromatic nitrogens is 2. The van der Waals surface area contributed by atoms with Gasteiger partial charge in [-0.05, 0) is 17.8 Å². The number of ether oxygens (including phenoxy) is 1. The van der Waals surface area contributed by atoms with E-state index < -0.39 is 0 Å². The molecule has 0 fully saturated rings. The van der Waals surface area contributed by atoms with E-state index in [1.54, 1.807) is 6.08 Å². The Hall–Kier alpha value is -1.96. The van der Waals surface area contributed by atoms with Crippen molar-refractivity contribution in [3.8, 4) is 5.19 Å². The van der Waals surface area contributed by atoms with Crippen LogP contribution in [0.25, 0.3) is 0 Å². The number of amides is 2. The average Bonchev–Trinajstić information content (AvgIpc) is 2.86. The summed E-state index contributed by atoms with van der Waals surface area (Å²) in [6.45, 7) is 4.47. The Morgan fingerprint density at radius 2 is 2.21 bits per heavy atom. The van der Waals surface area contributed by atoms with E-state index in [4.69, 9.17) is 4.74 Å². The summed E-state index contributed by atoms with van der Waals surface area (Å²) in [6, 6.07) is -0.317. The van der Waals surface area contributed by atoms with Gasteiger partial charge in [-0.3, -0.25) is 5.32 Å². The minimum Gasteiger partial charge on any atom is -0.472 e. The van der Waals surface area contributed by atoms with E-state index in [1.807, 2.05) is 0 Å². The molecule has 1 rings (SSSR count). The van der Waals surface area contributed by atoms with Crippen LogP contribution in [0.5, 0.6) is 5.19 Å². The smallest absolute Gasteiger partial charge is 0.323 e. The summed E-state index contributed by atoms with van der Waals surface area (Å²) in [6.07, 6.45) is 3.45. The lowest BCUT2D eigenvalue weighted by Gasteiger charge is -2.20. The molecule has 0 atom stereocenters. The van der Waals surface area contributed by atoms with Gasteiger partial charge in [-0.1, -0.05) is 11.2 Å². The van der Waals surface area contributed by atoms with Crippen LogP contribution in [-0.4, -0.2) is 47.6 Å². The number of hydrogen-bond donors (Lipinski definition) is 1. The van der Waals surface area contributed by atoms with Crippen molar-refractivity contribution in [2.45, 2.75) is 12.8 Å². The molecule has 1 aromatic rings. The Kier molecular flexibility index (Phi) is 6.51. The van der Waals surface area contributed by atoms with Gasteiger partial charge in [-0.2, -0.15) is 0 Å². The van der Waals surface area contributed by atoms with Crippen LogP contribution < -0.4 is 10.1 Å². The predicted octanol–water partition coefficient (Wildman–Crippen LogP) is 1.55. The Labute approximate surface area is 115 Å². The third-order valence-electron chi connectivity index (χ3n) is 2.20. The van der Waals surface area contributed by atoms with Crippen LogP contribution in [0.3, 0.4) is 0 Å². The quantitative estimate of drug-likeness (QED) is 0.578. The van der Waals surface area contributed by atoms with Crippen molar-refractivity contribution in [2.24, 2.45) is 0 Å². The number of methoxy groups -OCH3 is 1. The van der Waals surface area contributed by atoms with E-state index in [9.17, 15) is 9.59 Å². The van der Waals surface area contributed by atoms with Gasteiger partial charge in [-0.25, -0.2) is 4.79 Å². The van der Waals surface area contributed by atoms with Crippen LogP contribution in [0.2, 0.25) is 0 Å². The Morgan fingerprint density at radius 3 is 2.79 bits per heavy atom. The van der Waals surface area contributed by atoms with Crippen LogP contribution in [0.15, 0.2) is 12.7 Å². The predicted molar refractivity (Wildman–Crippen MR) is 72.5 cm³/mol. The fraction of sp³-hybridized carbons (Fsp3) is 0.455. The number of anilines is 1. The molecule has 0 aliphatic carbocycles. The van der Waals surface area contributed by atoms with Crippen molar-refractivity contribution in [1.82, 2.24) is 15.1 Å². The van der Waals surface area contributed by atoms with Gasteiger partial charge in [0.2, 0.25) is 5.13 Å². The summed E-state index contributed by atoms with van der Waals surface area (Å²) in [7, 11) is 1.48. The Balaban J connectivity index is 2.58. The molecule has 0 saturated heterocycles. The molecule has 0 saturated carbocycles. The van der Waals surface area contributed by atoms with Crippen molar-refractivity contribution in [3.05, 3.63) is 12.7 Å². The molecular weight excluding hydrogens is 268 g/mol. The summed E-state index contributed by atoms with van der Waals surface area (Å²) in [5, 5.41) is 10.8. The molecule has 0 aliphatic rings. The van der Waals surface area contributed by atoms with Crippen molar-refractivity contribution in [1.29, 1.82) is 0 Å². The highest BCUT2D eigenvalue weighted by Gasteiger charge is 2.14. The molecule has 0 spiro atoms. The molecule has 7 nitrogen and oxygen atoms in total. The largest absolute Gasteiger partial charge is 0.472 e. The lowest BCUT2D eigenvalue weighted by Crippen LogP contribution is -2.36. The first-order valence-corrected chi connectivity index (χ1v) is 6.50. The van der Waals surface area contributed by atoms with Gasteiger partial charge < -0.3 is 14.4 Å². The molecule has 1 aromatic heterocycles. The third-order valence-corrected chi connectivity index (χ3v) is 3.00. The van der Waals surface area contributed by atoms with E-state index >= 15 is 0 Å². The van der Waals surface area contributed by atoms with E-state index in [1.165, 1.54) is 12.0 Å². The molecule has 19 heavy (non-hydrogen) atoms. The lowest BCUT2D eigenvalue weighted by molar-refractivity contribution is -0.108. The average molecular weight is 284 g/mol. The number of urea groups is 1. The van der Waals surface area contributed by atoms with Crippen LogP contribution in [0.4, 0.5) is 9.93 Å². The van der Waals surface area contributed by atoms with E-state index in [0.717, 1.165) is 17.6 Å². The number of carbonyl (C=O) groups is 2. The van der Waals surface area contributed by atoms with Gasteiger partial charge in [-0.15, -0.1) is 11.7 Å². The summed E-state index contributed by atoms with van der Waals surface area (Å²) >= 11 is 1.13. The molecule has 1 N–H and O–H groups in total. The number of carbonyl (C=O) groups excluding carboxylic acids is 2. The zero-order valence-electron chi connectivity index (χ0n) is 10.7. The summed E-state index contributed by atoms with van der Waals surface area (Å²) in [4.78, 5) is 23.9. The van der Waals surface area contributed by atoms with Crippen molar-refractivity contribution < 1.29 is 14.3 Å². The normalized spacial score (nSPS) is 9.74. The Bertz CT molecular complexity index is 423. The standard InChI is InChI=1S/C11H16N4O3S/c1-3-4-6-15(7-5-8-16)10(17)12-9-13-14-11(18-2)19-9/h3,8H,1,4-7H2,2H3,(H,12,13,17). The number of hydrogen-bond acceptors (Lipinski definition) is 6. The van der Waals surface area contributed by atoms with Gasteiger partial charge >= 0.3 is 6.03 Å². The van der Waals surface area contributed by atoms with Crippen LogP contribution in [-0.2, 0) is 4.79 Å². The maximum Gasteiger partial charge on any atom is 0.323 e. The number of aldehydes is 1. The minimum absolute atomic E-state index is 0.296. The number of nitrogens with one attached hydrogen (secondary N) is 1. The molecule has 2 amide bonds. The number of nitrogens with zero attached hydrogens (tertiary/aromatic N) is 3. The van der Waals surface area contributed by atoms with Gasteiger partial charge in [0, 0.05) is 19.5 Å². The molecule has 0 radical (unpaired) electrons. The van der Waals surface area contributed by atoms with Crippen LogP contribution in [0.1, 0.15) is 12.8 Å². The molecule has 1 heterocycles. The molecule has 0 unspecified atom stereocenters. The summed E-state index contributed by atoms with van der Waals surface area (Å²) < 4.78 is 4.89. The van der Waals surface area contributed by atoms with Gasteiger partial charge in [0.05, 0.1) is 7.11 Å². The van der Waals surface area contributed by atoms with Gasteiger partial charge in [0.15, 0.2) is 0 Å². The van der Waals surface area contributed by atoms with E-state index in [-0.39, 0.29) is 6.03 Å². The first kappa shape index (κ1) is 15.1. The SMILES string of the molecule is C=CCCN(CCC=O)C(=O)Nc1nnc(OC)s1. The van der Waals surface area contributed by atoms with Crippen molar-refractivity contribution in [3.63, 3.8) is 0 Å². The van der Waals surface area contributed by atoms with E-state index in [0.29, 0.717) is 36.3 Å². The highest BCUT2D eigenvalue weighted by molar-refractivity contribution is 7.17. The molecule has 0 aliphatic heterocycles. The molecule has 0 bridgehead atoms. The lowest BCUT2D eigenvalue weighted by atomic mass is 10.3. The monoisotopic (exact) mass is 284 g/mol. The van der Waals surface area contributed by atoms with Crippen LogP contribution in [0, 0.1) is 0 Å². The van der Waals surface area contributed by atoms with Crippen molar-refractivity contribution in [2.75, 3.05) is 25.5 Å². The number of rotatable bonds is 8. The topological polar surface area (TPSA) is 84.4 Å². The zero-order chi connectivity index (χ0) is 14.1. The molecule has 104 valence electrons. The minimum atomic E-state index is -0.317. The van der Waals surface area contributed by atoms with Gasteiger partial charge in [0.25, 0.3) is 5.19 Å². The zero-order valence-corrected chi connectivity index (χ0v) is 11.5. The van der Waals surface area contributed by atoms with E-state index in [2.05, 4.69) is 22.1 Å². The summed E-state index contributed by atoms with van der Waals surface area (Å²) in [5.74, 6) is 0. The molecule has 0 aromatic carbocycles. The van der Waals surface area contributed by atoms with Gasteiger partial charge in [0.1, 0.15) is 6.29 Å². The first-order valence-electron chi connectivity index (χ1n) is 5.69. The second-order valence-electron chi connectivity index (χ2n) is 3.53. The highest BCUT2D eigenvalue weighted by Crippen LogP contribution is 2.21. The molecular formula is C11H16N4O3S.